The topological polar surface area (TPSA) is 78.4 Å². The maximum Gasteiger partial charge on any atom is 0.326 e. The van der Waals surface area contributed by atoms with E-state index in [0.717, 1.165) is 10.0 Å². The van der Waals surface area contributed by atoms with Crippen molar-refractivity contribution in [3.05, 3.63) is 28.2 Å². The van der Waals surface area contributed by atoms with Crippen molar-refractivity contribution >= 4 is 45.4 Å². The zero-order valence-electron chi connectivity index (χ0n) is 11.3. The van der Waals surface area contributed by atoms with Crippen molar-refractivity contribution < 1.29 is 14.7 Å². The molecular weight excluding hydrogens is 344 g/mol. The highest BCUT2D eigenvalue weighted by atomic mass is 79.9. The van der Waals surface area contributed by atoms with Gasteiger partial charge in [0.2, 0.25) is 0 Å². The van der Waals surface area contributed by atoms with Gasteiger partial charge >= 0.3 is 12.0 Å². The third-order valence-corrected chi connectivity index (χ3v) is 4.23. The molecule has 20 heavy (non-hydrogen) atoms. The predicted octanol–water partition coefficient (Wildman–Crippen LogP) is 3.09. The molecule has 1 rings (SSSR count). The molecule has 0 heterocycles. The van der Waals surface area contributed by atoms with Gasteiger partial charge in [-0.1, -0.05) is 22.0 Å². The monoisotopic (exact) mass is 360 g/mol. The molecule has 0 aliphatic heterocycles. The van der Waals surface area contributed by atoms with Crippen LogP contribution in [-0.4, -0.2) is 35.2 Å². The third-order valence-electron chi connectivity index (χ3n) is 2.73. The van der Waals surface area contributed by atoms with Crippen LogP contribution in [-0.2, 0) is 4.79 Å². The van der Waals surface area contributed by atoms with Gasteiger partial charge in [0.15, 0.2) is 0 Å². The number of amides is 2. The molecule has 0 aliphatic rings. The Hall–Kier alpha value is -1.21. The first-order valence-corrected chi connectivity index (χ1v) is 8.18. The fourth-order valence-electron chi connectivity index (χ4n) is 1.55. The number of carbonyl (C=O) groups is 2. The van der Waals surface area contributed by atoms with Crippen LogP contribution in [0, 0.1) is 6.92 Å². The summed E-state index contributed by atoms with van der Waals surface area (Å²) in [7, 11) is 0. The normalized spacial score (nSPS) is 11.8. The summed E-state index contributed by atoms with van der Waals surface area (Å²) in [5, 5.41) is 14.2. The van der Waals surface area contributed by atoms with E-state index in [1.54, 1.807) is 23.9 Å². The minimum absolute atomic E-state index is 0.390. The van der Waals surface area contributed by atoms with Crippen LogP contribution < -0.4 is 10.6 Å². The molecule has 5 nitrogen and oxygen atoms in total. The molecule has 110 valence electrons. The van der Waals surface area contributed by atoms with Gasteiger partial charge in [0.05, 0.1) is 0 Å². The molecule has 0 saturated heterocycles. The van der Waals surface area contributed by atoms with Crippen molar-refractivity contribution in [1.29, 1.82) is 0 Å². The van der Waals surface area contributed by atoms with Gasteiger partial charge in [0.25, 0.3) is 0 Å². The molecule has 0 radical (unpaired) electrons. The SMILES string of the molecule is CSCCC(NC(=O)Nc1cccc(Br)c1C)C(=O)O. The first kappa shape index (κ1) is 16.8. The summed E-state index contributed by atoms with van der Waals surface area (Å²) in [5.41, 5.74) is 1.53. The number of carbonyl (C=O) groups excluding carboxylic acids is 1. The lowest BCUT2D eigenvalue weighted by molar-refractivity contribution is -0.139. The summed E-state index contributed by atoms with van der Waals surface area (Å²) in [6.45, 7) is 1.86. The summed E-state index contributed by atoms with van der Waals surface area (Å²) >= 11 is 4.92. The lowest BCUT2D eigenvalue weighted by Gasteiger charge is -2.15. The van der Waals surface area contributed by atoms with E-state index in [-0.39, 0.29) is 0 Å². The summed E-state index contributed by atoms with van der Waals surface area (Å²) in [6.07, 6.45) is 2.28. The number of benzene rings is 1. The van der Waals surface area contributed by atoms with Gasteiger partial charge in [-0.25, -0.2) is 9.59 Å². The van der Waals surface area contributed by atoms with E-state index in [0.29, 0.717) is 17.9 Å². The Morgan fingerprint density at radius 2 is 2.15 bits per heavy atom. The Balaban J connectivity index is 2.66. The fraction of sp³-hybridized carbons (Fsp3) is 0.385. The highest BCUT2D eigenvalue weighted by Crippen LogP contribution is 2.23. The number of thioether (sulfide) groups is 1. The molecule has 0 fully saturated rings. The first-order valence-electron chi connectivity index (χ1n) is 6.00. The van der Waals surface area contributed by atoms with E-state index in [4.69, 9.17) is 5.11 Å². The summed E-state index contributed by atoms with van der Waals surface area (Å²) in [4.78, 5) is 22.9. The van der Waals surface area contributed by atoms with Crippen molar-refractivity contribution in [2.45, 2.75) is 19.4 Å². The van der Waals surface area contributed by atoms with Gasteiger partial charge < -0.3 is 15.7 Å². The highest BCUT2D eigenvalue weighted by Gasteiger charge is 2.19. The van der Waals surface area contributed by atoms with Gasteiger partial charge in [-0.3, -0.25) is 0 Å². The highest BCUT2D eigenvalue weighted by molar-refractivity contribution is 9.10. The maximum absolute atomic E-state index is 11.8. The van der Waals surface area contributed by atoms with Crippen LogP contribution >= 0.6 is 27.7 Å². The Labute approximate surface area is 130 Å². The molecule has 2 amide bonds. The Morgan fingerprint density at radius 3 is 2.75 bits per heavy atom. The van der Waals surface area contributed by atoms with Gasteiger partial charge in [-0.15, -0.1) is 0 Å². The zero-order valence-corrected chi connectivity index (χ0v) is 13.7. The average molecular weight is 361 g/mol. The van der Waals surface area contributed by atoms with E-state index in [9.17, 15) is 9.59 Å². The summed E-state index contributed by atoms with van der Waals surface area (Å²) in [5.74, 6) is -0.354. The van der Waals surface area contributed by atoms with E-state index >= 15 is 0 Å². The smallest absolute Gasteiger partial charge is 0.326 e. The van der Waals surface area contributed by atoms with Crippen molar-refractivity contribution in [3.63, 3.8) is 0 Å². The molecule has 7 heteroatoms. The lowest BCUT2D eigenvalue weighted by atomic mass is 10.2. The van der Waals surface area contributed by atoms with Crippen LogP contribution in [0.3, 0.4) is 0 Å². The second kappa shape index (κ2) is 8.16. The quantitative estimate of drug-likeness (QED) is 0.728. The number of anilines is 1. The van der Waals surface area contributed by atoms with Crippen LogP contribution in [0.25, 0.3) is 0 Å². The van der Waals surface area contributed by atoms with Crippen LogP contribution in [0.5, 0.6) is 0 Å². The number of hydrogen-bond donors (Lipinski definition) is 3. The van der Waals surface area contributed by atoms with Crippen LogP contribution in [0.1, 0.15) is 12.0 Å². The van der Waals surface area contributed by atoms with E-state index < -0.39 is 18.0 Å². The minimum Gasteiger partial charge on any atom is -0.480 e. The molecule has 0 aliphatic carbocycles. The van der Waals surface area contributed by atoms with Gasteiger partial charge in [-0.2, -0.15) is 11.8 Å². The fourth-order valence-corrected chi connectivity index (χ4v) is 2.39. The number of halogens is 1. The number of nitrogens with one attached hydrogen (secondary N) is 2. The standard InChI is InChI=1S/C13H17BrN2O3S/c1-8-9(14)4-3-5-10(8)15-13(19)16-11(12(17)18)6-7-20-2/h3-5,11H,6-7H2,1-2H3,(H,17,18)(H2,15,16,19). The molecule has 1 aromatic rings. The van der Waals surface area contributed by atoms with Gasteiger partial charge in [0, 0.05) is 10.2 Å². The molecular formula is C13H17BrN2O3S. The zero-order chi connectivity index (χ0) is 15.1. The number of aliphatic carboxylic acids is 1. The Bertz CT molecular complexity index is 497. The molecule has 0 aromatic heterocycles. The Morgan fingerprint density at radius 1 is 1.45 bits per heavy atom. The number of urea groups is 1. The second-order valence-corrected chi connectivity index (χ2v) is 6.02. The van der Waals surface area contributed by atoms with Crippen molar-refractivity contribution in [2.24, 2.45) is 0 Å². The van der Waals surface area contributed by atoms with Crippen LogP contribution in [0.15, 0.2) is 22.7 Å². The Kier molecular flexibility index (Phi) is 6.87. The average Bonchev–Trinajstić information content (AvgIpc) is 2.39. The number of carboxylic acid groups (broad SMARTS) is 1. The van der Waals surface area contributed by atoms with E-state index in [1.807, 2.05) is 19.2 Å². The molecule has 0 spiro atoms. The lowest BCUT2D eigenvalue weighted by Crippen LogP contribution is -2.43. The first-order chi connectivity index (χ1) is 9.45. The second-order valence-electron chi connectivity index (χ2n) is 4.18. The van der Waals surface area contributed by atoms with Crippen LogP contribution in [0.2, 0.25) is 0 Å². The van der Waals surface area contributed by atoms with E-state index in [1.165, 1.54) is 0 Å². The minimum atomic E-state index is -1.03. The molecule has 0 bridgehead atoms. The van der Waals surface area contributed by atoms with Gasteiger partial charge in [-0.05, 0) is 43.0 Å². The maximum atomic E-state index is 11.8. The largest absolute Gasteiger partial charge is 0.480 e. The number of rotatable bonds is 6. The molecule has 1 atom stereocenters. The van der Waals surface area contributed by atoms with E-state index in [2.05, 4.69) is 26.6 Å². The van der Waals surface area contributed by atoms with Crippen LogP contribution in [0.4, 0.5) is 10.5 Å². The summed E-state index contributed by atoms with van der Waals surface area (Å²) < 4.78 is 0.882. The molecule has 3 N–H and O–H groups in total. The summed E-state index contributed by atoms with van der Waals surface area (Å²) in [6, 6.07) is 4.04. The number of hydrogen-bond acceptors (Lipinski definition) is 3. The van der Waals surface area contributed by atoms with Crippen molar-refractivity contribution in [2.75, 3.05) is 17.3 Å². The molecule has 1 aromatic carbocycles. The molecule has 0 saturated carbocycles. The number of carboxylic acids is 1. The third kappa shape index (κ3) is 5.05. The molecule has 1 unspecified atom stereocenters. The predicted molar refractivity (Wildman–Crippen MR) is 85.5 cm³/mol. The van der Waals surface area contributed by atoms with Crippen molar-refractivity contribution in [3.8, 4) is 0 Å². The van der Waals surface area contributed by atoms with Gasteiger partial charge in [0.1, 0.15) is 6.04 Å². The van der Waals surface area contributed by atoms with Crippen molar-refractivity contribution in [1.82, 2.24) is 5.32 Å².